The predicted octanol–water partition coefficient (Wildman–Crippen LogP) is 4.31. The molecule has 0 unspecified atom stereocenters. The van der Waals surface area contributed by atoms with Crippen LogP contribution in [-0.4, -0.2) is 33.2 Å². The Morgan fingerprint density at radius 2 is 1.75 bits per heavy atom. The SMILES string of the molecule is COc1ccccc1-c1ccc(-n2cc(-c3cccc(C(=O)O)c3)nn2)cc1. The van der Waals surface area contributed by atoms with Crippen molar-refractivity contribution in [1.29, 1.82) is 0 Å². The van der Waals surface area contributed by atoms with Crippen molar-refractivity contribution < 1.29 is 14.6 Å². The number of carbonyl (C=O) groups is 1. The zero-order valence-corrected chi connectivity index (χ0v) is 15.1. The molecule has 0 saturated heterocycles. The van der Waals surface area contributed by atoms with Gasteiger partial charge in [-0.1, -0.05) is 47.7 Å². The Labute approximate surface area is 161 Å². The van der Waals surface area contributed by atoms with Crippen LogP contribution in [-0.2, 0) is 0 Å². The van der Waals surface area contributed by atoms with Gasteiger partial charge in [-0.3, -0.25) is 0 Å². The lowest BCUT2D eigenvalue weighted by molar-refractivity contribution is 0.0697. The second kappa shape index (κ2) is 7.36. The molecular weight excluding hydrogens is 354 g/mol. The number of para-hydroxylation sites is 1. The molecule has 1 N–H and O–H groups in total. The lowest BCUT2D eigenvalue weighted by atomic mass is 10.0. The second-order valence-corrected chi connectivity index (χ2v) is 6.18. The van der Waals surface area contributed by atoms with Gasteiger partial charge in [0.1, 0.15) is 11.4 Å². The van der Waals surface area contributed by atoms with Gasteiger partial charge < -0.3 is 9.84 Å². The molecule has 1 heterocycles. The molecule has 6 heteroatoms. The highest BCUT2D eigenvalue weighted by atomic mass is 16.5. The Balaban J connectivity index is 1.63. The van der Waals surface area contributed by atoms with Crippen molar-refractivity contribution in [3.05, 3.63) is 84.6 Å². The van der Waals surface area contributed by atoms with Crippen LogP contribution in [0.4, 0.5) is 0 Å². The van der Waals surface area contributed by atoms with E-state index in [4.69, 9.17) is 9.84 Å². The summed E-state index contributed by atoms with van der Waals surface area (Å²) in [6, 6.07) is 22.4. The number of aromatic carboxylic acids is 1. The van der Waals surface area contributed by atoms with Crippen LogP contribution in [0.3, 0.4) is 0 Å². The highest BCUT2D eigenvalue weighted by Gasteiger charge is 2.10. The highest BCUT2D eigenvalue weighted by Crippen LogP contribution is 2.30. The zero-order chi connectivity index (χ0) is 19.5. The molecule has 0 aliphatic heterocycles. The Bertz CT molecular complexity index is 1130. The Kier molecular flexibility index (Phi) is 4.60. The molecule has 138 valence electrons. The van der Waals surface area contributed by atoms with E-state index in [0.717, 1.165) is 22.6 Å². The van der Waals surface area contributed by atoms with Crippen molar-refractivity contribution in [2.24, 2.45) is 0 Å². The summed E-state index contributed by atoms with van der Waals surface area (Å²) in [5, 5.41) is 17.5. The maximum absolute atomic E-state index is 11.2. The number of hydrogen-bond donors (Lipinski definition) is 1. The number of ether oxygens (including phenoxy) is 1. The lowest BCUT2D eigenvalue weighted by Gasteiger charge is -2.09. The first-order valence-electron chi connectivity index (χ1n) is 8.65. The van der Waals surface area contributed by atoms with E-state index in [1.54, 1.807) is 36.2 Å². The molecule has 0 aliphatic carbocycles. The Morgan fingerprint density at radius 3 is 2.50 bits per heavy atom. The van der Waals surface area contributed by atoms with Gasteiger partial charge in [-0.2, -0.15) is 0 Å². The fourth-order valence-corrected chi connectivity index (χ4v) is 3.01. The summed E-state index contributed by atoms with van der Waals surface area (Å²) < 4.78 is 7.09. The van der Waals surface area contributed by atoms with Gasteiger partial charge in [-0.15, -0.1) is 5.10 Å². The first kappa shape index (κ1) is 17.5. The molecule has 0 atom stereocenters. The molecule has 28 heavy (non-hydrogen) atoms. The number of benzene rings is 3. The Morgan fingerprint density at radius 1 is 0.964 bits per heavy atom. The van der Waals surface area contributed by atoms with Crippen LogP contribution in [0.15, 0.2) is 79.0 Å². The quantitative estimate of drug-likeness (QED) is 0.566. The van der Waals surface area contributed by atoms with Crippen molar-refractivity contribution in [2.75, 3.05) is 7.11 Å². The van der Waals surface area contributed by atoms with Crippen molar-refractivity contribution in [2.45, 2.75) is 0 Å². The van der Waals surface area contributed by atoms with Crippen molar-refractivity contribution in [1.82, 2.24) is 15.0 Å². The van der Waals surface area contributed by atoms with E-state index >= 15 is 0 Å². The molecule has 0 amide bonds. The van der Waals surface area contributed by atoms with E-state index in [-0.39, 0.29) is 5.56 Å². The van der Waals surface area contributed by atoms with Crippen LogP contribution in [0.2, 0.25) is 0 Å². The number of nitrogens with zero attached hydrogens (tertiary/aromatic N) is 3. The summed E-state index contributed by atoms with van der Waals surface area (Å²) in [6.45, 7) is 0. The van der Waals surface area contributed by atoms with Crippen molar-refractivity contribution >= 4 is 5.97 Å². The van der Waals surface area contributed by atoms with Gasteiger partial charge in [0.05, 0.1) is 24.6 Å². The molecule has 0 aliphatic rings. The summed E-state index contributed by atoms with van der Waals surface area (Å²) >= 11 is 0. The van der Waals surface area contributed by atoms with Crippen molar-refractivity contribution in [3.63, 3.8) is 0 Å². The van der Waals surface area contributed by atoms with E-state index in [1.807, 2.05) is 54.6 Å². The molecule has 4 rings (SSSR count). The average Bonchev–Trinajstić information content (AvgIpc) is 3.24. The van der Waals surface area contributed by atoms with Crippen LogP contribution in [0.1, 0.15) is 10.4 Å². The maximum Gasteiger partial charge on any atom is 0.335 e. The van der Waals surface area contributed by atoms with E-state index in [0.29, 0.717) is 11.3 Å². The number of methoxy groups -OCH3 is 1. The van der Waals surface area contributed by atoms with Gasteiger partial charge in [-0.25, -0.2) is 9.48 Å². The molecule has 4 aromatic rings. The molecule has 3 aromatic carbocycles. The Hall–Kier alpha value is -3.93. The topological polar surface area (TPSA) is 77.2 Å². The lowest BCUT2D eigenvalue weighted by Crippen LogP contribution is -1.95. The molecule has 0 saturated carbocycles. The zero-order valence-electron chi connectivity index (χ0n) is 15.1. The first-order valence-corrected chi connectivity index (χ1v) is 8.65. The number of aromatic nitrogens is 3. The van der Waals surface area contributed by atoms with E-state index in [1.165, 1.54) is 0 Å². The average molecular weight is 371 g/mol. The van der Waals surface area contributed by atoms with Gasteiger partial charge in [0.25, 0.3) is 0 Å². The van der Waals surface area contributed by atoms with E-state index < -0.39 is 5.97 Å². The molecule has 0 spiro atoms. The molecule has 0 fully saturated rings. The van der Waals surface area contributed by atoms with Crippen LogP contribution in [0.25, 0.3) is 28.1 Å². The normalized spacial score (nSPS) is 10.6. The van der Waals surface area contributed by atoms with Gasteiger partial charge >= 0.3 is 5.97 Å². The number of carboxylic acids is 1. The fraction of sp³-hybridized carbons (Fsp3) is 0.0455. The van der Waals surface area contributed by atoms with Crippen LogP contribution < -0.4 is 4.74 Å². The summed E-state index contributed by atoms with van der Waals surface area (Å²) in [4.78, 5) is 11.2. The van der Waals surface area contributed by atoms with Crippen molar-refractivity contribution in [3.8, 4) is 33.8 Å². The maximum atomic E-state index is 11.2. The summed E-state index contributed by atoms with van der Waals surface area (Å²) in [6.07, 6.45) is 1.78. The van der Waals surface area contributed by atoms with E-state index in [9.17, 15) is 4.79 Å². The highest BCUT2D eigenvalue weighted by molar-refractivity contribution is 5.89. The minimum absolute atomic E-state index is 0.216. The largest absolute Gasteiger partial charge is 0.496 e. The monoisotopic (exact) mass is 371 g/mol. The summed E-state index contributed by atoms with van der Waals surface area (Å²) in [5.74, 6) is -0.155. The third kappa shape index (κ3) is 3.35. The third-order valence-electron chi connectivity index (χ3n) is 4.45. The molecule has 1 aromatic heterocycles. The molecular formula is C22H17N3O3. The van der Waals surface area contributed by atoms with E-state index in [2.05, 4.69) is 10.3 Å². The predicted molar refractivity (Wildman–Crippen MR) is 106 cm³/mol. The summed E-state index contributed by atoms with van der Waals surface area (Å²) in [7, 11) is 1.66. The van der Waals surface area contributed by atoms with Crippen LogP contribution >= 0.6 is 0 Å². The number of carboxylic acid groups (broad SMARTS) is 1. The standard InChI is InChI=1S/C22H17N3O3/c1-28-21-8-3-2-7-19(21)15-9-11-18(12-10-15)25-14-20(23-24-25)16-5-4-6-17(13-16)22(26)27/h2-14H,1H3,(H,26,27). The second-order valence-electron chi connectivity index (χ2n) is 6.18. The van der Waals surface area contributed by atoms with Gasteiger partial charge in [-0.05, 0) is 35.9 Å². The minimum atomic E-state index is -0.971. The summed E-state index contributed by atoms with van der Waals surface area (Å²) in [5.41, 5.74) is 4.44. The van der Waals surface area contributed by atoms with Gasteiger partial charge in [0.2, 0.25) is 0 Å². The minimum Gasteiger partial charge on any atom is -0.496 e. The first-order chi connectivity index (χ1) is 13.7. The van der Waals surface area contributed by atoms with Crippen LogP contribution in [0.5, 0.6) is 5.75 Å². The van der Waals surface area contributed by atoms with Gasteiger partial charge in [0.15, 0.2) is 0 Å². The number of rotatable bonds is 5. The fourth-order valence-electron chi connectivity index (χ4n) is 3.01. The molecule has 6 nitrogen and oxygen atoms in total. The van der Waals surface area contributed by atoms with Gasteiger partial charge in [0, 0.05) is 11.1 Å². The smallest absolute Gasteiger partial charge is 0.335 e. The third-order valence-corrected chi connectivity index (χ3v) is 4.45. The number of hydrogen-bond acceptors (Lipinski definition) is 4. The van der Waals surface area contributed by atoms with Crippen LogP contribution in [0, 0.1) is 0 Å². The molecule has 0 bridgehead atoms. The molecule has 0 radical (unpaired) electrons.